The number of rotatable bonds is 10. The van der Waals surface area contributed by atoms with Crippen LogP contribution in [0, 0.1) is 0 Å². The van der Waals surface area contributed by atoms with Gasteiger partial charge in [0.25, 0.3) is 0 Å². The summed E-state index contributed by atoms with van der Waals surface area (Å²) in [5.74, 6) is 1.17. The summed E-state index contributed by atoms with van der Waals surface area (Å²) in [6.07, 6.45) is 0.697. The Morgan fingerprint density at radius 1 is 1.13 bits per heavy atom. The van der Waals surface area contributed by atoms with Crippen molar-refractivity contribution < 1.29 is 18.3 Å². The second kappa shape index (κ2) is 10.6. The van der Waals surface area contributed by atoms with E-state index in [9.17, 15) is 13.5 Å². The molecule has 166 valence electrons. The van der Waals surface area contributed by atoms with Gasteiger partial charge >= 0.3 is 0 Å². The normalized spacial score (nSPS) is 13.4. The van der Waals surface area contributed by atoms with E-state index in [1.807, 2.05) is 38.1 Å². The molecule has 0 fully saturated rings. The van der Waals surface area contributed by atoms with Crippen LogP contribution >= 0.6 is 11.8 Å². The van der Waals surface area contributed by atoms with Crippen LogP contribution in [-0.2, 0) is 15.4 Å². The lowest BCUT2D eigenvalue weighted by atomic mass is 9.86. The minimum atomic E-state index is -3.51. The third-order valence-corrected chi connectivity index (χ3v) is 7.72. The molecule has 0 aliphatic carbocycles. The third-order valence-electron chi connectivity index (χ3n) is 4.60. The van der Waals surface area contributed by atoms with E-state index in [-0.39, 0.29) is 16.9 Å². The molecule has 0 radical (unpaired) electrons. The van der Waals surface area contributed by atoms with Crippen molar-refractivity contribution in [3.8, 4) is 5.75 Å². The van der Waals surface area contributed by atoms with Crippen molar-refractivity contribution in [3.05, 3.63) is 48.2 Å². The Morgan fingerprint density at radius 3 is 2.37 bits per heavy atom. The highest BCUT2D eigenvalue weighted by Gasteiger charge is 2.22. The maximum atomic E-state index is 12.5. The van der Waals surface area contributed by atoms with E-state index in [1.165, 1.54) is 22.3 Å². The molecule has 30 heavy (non-hydrogen) atoms. The van der Waals surface area contributed by atoms with Crippen molar-refractivity contribution >= 4 is 21.8 Å². The molecule has 2 rings (SSSR count). The van der Waals surface area contributed by atoms with Gasteiger partial charge in [0.15, 0.2) is 0 Å². The summed E-state index contributed by atoms with van der Waals surface area (Å²) in [6, 6.07) is 11.1. The van der Waals surface area contributed by atoms with E-state index in [0.717, 1.165) is 11.3 Å². The van der Waals surface area contributed by atoms with Gasteiger partial charge in [-0.1, -0.05) is 52.8 Å². The predicted molar refractivity (Wildman–Crippen MR) is 122 cm³/mol. The monoisotopic (exact) mass is 452 g/mol. The van der Waals surface area contributed by atoms with Crippen LogP contribution < -0.4 is 4.74 Å². The molecule has 0 aliphatic rings. The molecule has 1 unspecified atom stereocenters. The van der Waals surface area contributed by atoms with Crippen molar-refractivity contribution in [1.29, 1.82) is 0 Å². The number of ether oxygens (including phenoxy) is 1. The zero-order valence-corrected chi connectivity index (χ0v) is 20.0. The number of pyridine rings is 1. The van der Waals surface area contributed by atoms with Crippen molar-refractivity contribution in [3.63, 3.8) is 0 Å². The Hall–Kier alpha value is -1.61. The number of thioether (sulfide) groups is 1. The highest BCUT2D eigenvalue weighted by atomic mass is 32.2. The lowest BCUT2D eigenvalue weighted by molar-refractivity contribution is 0.125. The molecule has 1 heterocycles. The third kappa shape index (κ3) is 6.44. The number of nitrogens with zero attached hydrogens (tertiary/aromatic N) is 2. The van der Waals surface area contributed by atoms with Gasteiger partial charge in [0.05, 0.1) is 11.1 Å². The predicted octanol–water partition coefficient (Wildman–Crippen LogP) is 3.94. The Labute approximate surface area is 184 Å². The Morgan fingerprint density at radius 2 is 1.80 bits per heavy atom. The topological polar surface area (TPSA) is 79.7 Å². The molecule has 0 spiro atoms. The number of sulfonamides is 1. The minimum Gasteiger partial charge on any atom is -0.491 e. The van der Waals surface area contributed by atoms with Crippen LogP contribution in [0.15, 0.2) is 52.5 Å². The van der Waals surface area contributed by atoms with Gasteiger partial charge in [0.2, 0.25) is 10.0 Å². The molecule has 0 amide bonds. The zero-order valence-electron chi connectivity index (χ0n) is 18.3. The summed E-state index contributed by atoms with van der Waals surface area (Å²) in [5, 5.41) is 11.0. The largest absolute Gasteiger partial charge is 0.491 e. The molecule has 1 aromatic heterocycles. The van der Waals surface area contributed by atoms with E-state index in [1.54, 1.807) is 12.1 Å². The standard InChI is InChI=1S/C22H32N2O4S2/c1-6-24(7-2)30(26,27)18-12-13-21(23-14-18)29-16-17(25)15-28-20-11-9-8-10-19(20)22(3,4)5/h8-14,17,25H,6-7,15-16H2,1-5H3. The van der Waals surface area contributed by atoms with E-state index in [4.69, 9.17) is 4.74 Å². The van der Waals surface area contributed by atoms with Gasteiger partial charge in [-0.2, -0.15) is 4.31 Å². The molecular weight excluding hydrogens is 420 g/mol. The molecular formula is C22H32N2O4S2. The first-order chi connectivity index (χ1) is 14.1. The van der Waals surface area contributed by atoms with Gasteiger partial charge in [-0.3, -0.25) is 0 Å². The fourth-order valence-electron chi connectivity index (χ4n) is 2.95. The van der Waals surface area contributed by atoms with Crippen LogP contribution in [0.5, 0.6) is 5.75 Å². The molecule has 1 atom stereocenters. The van der Waals surface area contributed by atoms with Gasteiger partial charge in [0, 0.05) is 25.0 Å². The molecule has 1 N–H and O–H groups in total. The first kappa shape index (κ1) is 24.7. The van der Waals surface area contributed by atoms with Crippen LogP contribution in [0.2, 0.25) is 0 Å². The average Bonchev–Trinajstić information content (AvgIpc) is 2.71. The van der Waals surface area contributed by atoms with Gasteiger partial charge in [-0.05, 0) is 29.2 Å². The average molecular weight is 453 g/mol. The van der Waals surface area contributed by atoms with Crippen LogP contribution in [0.3, 0.4) is 0 Å². The number of hydrogen-bond donors (Lipinski definition) is 1. The maximum absolute atomic E-state index is 12.5. The van der Waals surface area contributed by atoms with Crippen molar-refractivity contribution in [2.24, 2.45) is 0 Å². The van der Waals surface area contributed by atoms with Gasteiger partial charge in [-0.15, -0.1) is 11.8 Å². The van der Waals surface area contributed by atoms with Gasteiger partial charge < -0.3 is 9.84 Å². The van der Waals surface area contributed by atoms with Crippen molar-refractivity contribution in [2.45, 2.75) is 56.1 Å². The Balaban J connectivity index is 1.92. The van der Waals surface area contributed by atoms with E-state index >= 15 is 0 Å². The fourth-order valence-corrected chi connectivity index (χ4v) is 5.10. The number of aromatic nitrogens is 1. The number of aliphatic hydroxyl groups is 1. The molecule has 2 aromatic rings. The Bertz CT molecular complexity index is 905. The van der Waals surface area contributed by atoms with Crippen molar-refractivity contribution in [2.75, 3.05) is 25.4 Å². The van der Waals surface area contributed by atoms with E-state index in [2.05, 4.69) is 25.8 Å². The number of hydrogen-bond acceptors (Lipinski definition) is 6. The number of para-hydroxylation sites is 1. The molecule has 0 aliphatic heterocycles. The lowest BCUT2D eigenvalue weighted by Gasteiger charge is -2.23. The first-order valence-electron chi connectivity index (χ1n) is 10.1. The van der Waals surface area contributed by atoms with Crippen LogP contribution in [-0.4, -0.2) is 54.4 Å². The highest BCUT2D eigenvalue weighted by Crippen LogP contribution is 2.31. The SMILES string of the molecule is CCN(CC)S(=O)(=O)c1ccc(SCC(O)COc2ccccc2C(C)(C)C)nc1. The van der Waals surface area contributed by atoms with Crippen LogP contribution in [0.25, 0.3) is 0 Å². The van der Waals surface area contributed by atoms with E-state index < -0.39 is 16.1 Å². The minimum absolute atomic E-state index is 0.0482. The summed E-state index contributed by atoms with van der Waals surface area (Å²) in [6.45, 7) is 11.0. The summed E-state index contributed by atoms with van der Waals surface area (Å²) in [4.78, 5) is 4.42. The maximum Gasteiger partial charge on any atom is 0.244 e. The fraction of sp³-hybridized carbons (Fsp3) is 0.500. The second-order valence-electron chi connectivity index (χ2n) is 7.94. The van der Waals surface area contributed by atoms with E-state index in [0.29, 0.717) is 23.9 Å². The number of aliphatic hydroxyl groups excluding tert-OH is 1. The lowest BCUT2D eigenvalue weighted by Crippen LogP contribution is -2.30. The number of benzene rings is 1. The summed E-state index contributed by atoms with van der Waals surface area (Å²) in [7, 11) is -3.51. The molecule has 0 bridgehead atoms. The van der Waals surface area contributed by atoms with Crippen LogP contribution in [0.1, 0.15) is 40.2 Å². The molecule has 0 saturated carbocycles. The quantitative estimate of drug-likeness (QED) is 0.550. The Kier molecular flexibility index (Phi) is 8.73. The zero-order chi connectivity index (χ0) is 22.4. The summed E-state index contributed by atoms with van der Waals surface area (Å²) in [5.41, 5.74) is 1.05. The second-order valence-corrected chi connectivity index (χ2v) is 10.9. The van der Waals surface area contributed by atoms with Crippen LogP contribution in [0.4, 0.5) is 0 Å². The highest BCUT2D eigenvalue weighted by molar-refractivity contribution is 7.99. The van der Waals surface area contributed by atoms with Crippen molar-refractivity contribution in [1.82, 2.24) is 9.29 Å². The summed E-state index contributed by atoms with van der Waals surface area (Å²) >= 11 is 1.36. The molecule has 0 saturated heterocycles. The van der Waals surface area contributed by atoms with Gasteiger partial charge in [0.1, 0.15) is 17.3 Å². The molecule has 1 aromatic carbocycles. The molecule has 6 nitrogen and oxygen atoms in total. The summed E-state index contributed by atoms with van der Waals surface area (Å²) < 4.78 is 32.3. The first-order valence-corrected chi connectivity index (χ1v) is 12.5. The smallest absolute Gasteiger partial charge is 0.244 e. The molecule has 8 heteroatoms. The van der Waals surface area contributed by atoms with Gasteiger partial charge in [-0.25, -0.2) is 13.4 Å².